The quantitative estimate of drug-likeness (QED) is 0.527. The first kappa shape index (κ1) is 16.9. The van der Waals surface area contributed by atoms with Crippen LogP contribution in [-0.4, -0.2) is 43.3 Å². The lowest BCUT2D eigenvalue weighted by atomic mass is 10.1. The highest BCUT2D eigenvalue weighted by atomic mass is 16.5. The van der Waals surface area contributed by atoms with Gasteiger partial charge in [-0.1, -0.05) is 36.4 Å². The third kappa shape index (κ3) is 5.37. The maximum absolute atomic E-state index is 12.1. The monoisotopic (exact) mass is 293 g/mol. The van der Waals surface area contributed by atoms with Gasteiger partial charge in [0.2, 0.25) is 0 Å². The number of ether oxygens (including phenoxy) is 2. The molecule has 1 aromatic carbocycles. The molecule has 6 heteroatoms. The van der Waals surface area contributed by atoms with Crippen LogP contribution in [0.25, 0.3) is 0 Å². The largest absolute Gasteiger partial charge is 0.480 e. The molecule has 6 nitrogen and oxygen atoms in total. The first-order valence-electron chi connectivity index (χ1n) is 6.39. The van der Waals surface area contributed by atoms with Crippen LogP contribution < -0.4 is 5.32 Å². The van der Waals surface area contributed by atoms with E-state index in [0.29, 0.717) is 5.56 Å². The number of amides is 1. The maximum atomic E-state index is 12.1. The van der Waals surface area contributed by atoms with Crippen LogP contribution in [0.3, 0.4) is 0 Å². The van der Waals surface area contributed by atoms with Crippen molar-refractivity contribution < 1.29 is 24.2 Å². The van der Waals surface area contributed by atoms with Crippen molar-refractivity contribution in [3.63, 3.8) is 0 Å². The predicted octanol–water partition coefficient (Wildman–Crippen LogP) is 1.15. The van der Waals surface area contributed by atoms with Crippen LogP contribution in [0.5, 0.6) is 0 Å². The molecule has 21 heavy (non-hydrogen) atoms. The fraction of sp³-hybridized carbons (Fsp3) is 0.333. The lowest BCUT2D eigenvalue weighted by molar-refractivity contribution is -0.145. The van der Waals surface area contributed by atoms with Crippen LogP contribution in [0.1, 0.15) is 11.7 Å². The van der Waals surface area contributed by atoms with Crippen molar-refractivity contribution in [3.8, 4) is 0 Å². The molecule has 1 amide bonds. The molecule has 0 radical (unpaired) electrons. The minimum Gasteiger partial charge on any atom is -0.480 e. The number of methoxy groups -OCH3 is 1. The van der Waals surface area contributed by atoms with E-state index in [1.54, 1.807) is 24.3 Å². The summed E-state index contributed by atoms with van der Waals surface area (Å²) in [5, 5.41) is 11.5. The van der Waals surface area contributed by atoms with Crippen molar-refractivity contribution in [2.45, 2.75) is 12.1 Å². The van der Waals surface area contributed by atoms with Crippen LogP contribution in [0, 0.1) is 0 Å². The molecule has 0 fully saturated rings. The normalized spacial score (nSPS) is 13.2. The van der Waals surface area contributed by atoms with E-state index >= 15 is 0 Å². The van der Waals surface area contributed by atoms with Crippen molar-refractivity contribution in [2.75, 3.05) is 20.3 Å². The van der Waals surface area contributed by atoms with Gasteiger partial charge < -0.3 is 19.9 Å². The van der Waals surface area contributed by atoms with Crippen molar-refractivity contribution >= 4 is 11.9 Å². The number of carboxylic acid groups (broad SMARTS) is 1. The summed E-state index contributed by atoms with van der Waals surface area (Å²) < 4.78 is 10.2. The Morgan fingerprint density at radius 2 is 2.05 bits per heavy atom. The van der Waals surface area contributed by atoms with Gasteiger partial charge in [-0.15, -0.1) is 6.58 Å². The summed E-state index contributed by atoms with van der Waals surface area (Å²) in [4.78, 5) is 23.3. The average Bonchev–Trinajstić information content (AvgIpc) is 2.48. The first-order valence-corrected chi connectivity index (χ1v) is 6.39. The Balaban J connectivity index is 2.70. The zero-order valence-corrected chi connectivity index (χ0v) is 11.8. The van der Waals surface area contributed by atoms with Crippen molar-refractivity contribution in [1.82, 2.24) is 5.32 Å². The molecule has 0 bridgehead atoms. The van der Waals surface area contributed by atoms with Crippen LogP contribution in [0.15, 0.2) is 43.0 Å². The second-order valence-corrected chi connectivity index (χ2v) is 4.25. The standard InChI is InChI=1S/C15H19NO5/c1-3-9-21-10-12(15(18)19)16-14(17)13(20-2)11-7-5-4-6-8-11/h3-8,12-13H,1,9-10H2,2H3,(H,16,17)(H,18,19)/t12?,13-/m1/s1. The minimum atomic E-state index is -1.17. The number of hydrogen-bond acceptors (Lipinski definition) is 4. The van der Waals surface area contributed by atoms with Gasteiger partial charge in [0.25, 0.3) is 5.91 Å². The zero-order chi connectivity index (χ0) is 15.7. The smallest absolute Gasteiger partial charge is 0.328 e. The van der Waals surface area contributed by atoms with Gasteiger partial charge in [-0.05, 0) is 5.56 Å². The van der Waals surface area contributed by atoms with Crippen LogP contribution in [0.2, 0.25) is 0 Å². The third-order valence-electron chi connectivity index (χ3n) is 2.71. The fourth-order valence-corrected chi connectivity index (χ4v) is 1.71. The predicted molar refractivity (Wildman–Crippen MR) is 76.8 cm³/mol. The molecule has 0 saturated heterocycles. The number of benzene rings is 1. The summed E-state index contributed by atoms with van der Waals surface area (Å²) in [6.45, 7) is 3.54. The van der Waals surface area contributed by atoms with E-state index in [1.807, 2.05) is 6.07 Å². The summed E-state index contributed by atoms with van der Waals surface area (Å²) in [6, 6.07) is 7.69. The van der Waals surface area contributed by atoms with Gasteiger partial charge in [-0.2, -0.15) is 0 Å². The van der Waals surface area contributed by atoms with Crippen molar-refractivity contribution in [3.05, 3.63) is 48.6 Å². The van der Waals surface area contributed by atoms with E-state index in [2.05, 4.69) is 11.9 Å². The van der Waals surface area contributed by atoms with Gasteiger partial charge in [-0.25, -0.2) is 4.79 Å². The number of carbonyl (C=O) groups excluding carboxylic acids is 1. The molecule has 0 saturated carbocycles. The molecule has 2 atom stereocenters. The molecule has 0 heterocycles. The number of aliphatic carboxylic acids is 1. The summed E-state index contributed by atoms with van der Waals surface area (Å²) in [7, 11) is 1.39. The highest BCUT2D eigenvalue weighted by Crippen LogP contribution is 2.16. The van der Waals surface area contributed by atoms with Crippen LogP contribution in [0.4, 0.5) is 0 Å². The lowest BCUT2D eigenvalue weighted by Gasteiger charge is -2.19. The van der Waals surface area contributed by atoms with E-state index in [9.17, 15) is 9.59 Å². The highest BCUT2D eigenvalue weighted by Gasteiger charge is 2.26. The second-order valence-electron chi connectivity index (χ2n) is 4.25. The molecular weight excluding hydrogens is 274 g/mol. The summed E-state index contributed by atoms with van der Waals surface area (Å²) in [5.41, 5.74) is 0.647. The molecular formula is C15H19NO5. The fourth-order valence-electron chi connectivity index (χ4n) is 1.71. The molecule has 0 aliphatic heterocycles. The van der Waals surface area contributed by atoms with Gasteiger partial charge in [0.15, 0.2) is 12.1 Å². The minimum absolute atomic E-state index is 0.141. The molecule has 0 aliphatic carbocycles. The van der Waals surface area contributed by atoms with Gasteiger partial charge in [0, 0.05) is 7.11 Å². The number of carbonyl (C=O) groups is 2. The summed E-state index contributed by atoms with van der Waals surface area (Å²) in [5.74, 6) is -1.70. The average molecular weight is 293 g/mol. The first-order chi connectivity index (χ1) is 10.1. The number of nitrogens with one attached hydrogen (secondary N) is 1. The van der Waals surface area contributed by atoms with Gasteiger partial charge in [-0.3, -0.25) is 4.79 Å². The molecule has 2 N–H and O–H groups in total. The summed E-state index contributed by atoms with van der Waals surface area (Å²) >= 11 is 0. The highest BCUT2D eigenvalue weighted by molar-refractivity contribution is 5.87. The van der Waals surface area contributed by atoms with E-state index in [0.717, 1.165) is 0 Å². The van der Waals surface area contributed by atoms with Crippen LogP contribution in [-0.2, 0) is 19.1 Å². The van der Waals surface area contributed by atoms with E-state index in [-0.39, 0.29) is 13.2 Å². The maximum Gasteiger partial charge on any atom is 0.328 e. The van der Waals surface area contributed by atoms with Gasteiger partial charge in [0.05, 0.1) is 13.2 Å². The van der Waals surface area contributed by atoms with Crippen molar-refractivity contribution in [2.24, 2.45) is 0 Å². The summed E-state index contributed by atoms with van der Waals surface area (Å²) in [6.07, 6.45) is 0.635. The Labute approximate surface area is 123 Å². The molecule has 0 aliphatic rings. The number of carboxylic acids is 1. The van der Waals surface area contributed by atoms with Gasteiger partial charge >= 0.3 is 5.97 Å². The topological polar surface area (TPSA) is 84.9 Å². The van der Waals surface area contributed by atoms with Gasteiger partial charge in [0.1, 0.15) is 0 Å². The van der Waals surface area contributed by atoms with E-state index < -0.39 is 24.0 Å². The Morgan fingerprint density at radius 3 is 2.57 bits per heavy atom. The number of rotatable bonds is 9. The Bertz CT molecular complexity index is 474. The second kappa shape index (κ2) is 8.89. The Morgan fingerprint density at radius 1 is 1.38 bits per heavy atom. The molecule has 1 unspecified atom stereocenters. The number of hydrogen-bond donors (Lipinski definition) is 2. The molecule has 0 aromatic heterocycles. The van der Waals surface area contributed by atoms with E-state index in [4.69, 9.17) is 14.6 Å². The molecule has 1 rings (SSSR count). The molecule has 1 aromatic rings. The van der Waals surface area contributed by atoms with E-state index in [1.165, 1.54) is 13.2 Å². The lowest BCUT2D eigenvalue weighted by Crippen LogP contribution is -2.46. The Kier molecular flexibility index (Phi) is 7.14. The van der Waals surface area contributed by atoms with Crippen LogP contribution >= 0.6 is 0 Å². The Hall–Kier alpha value is -2.18. The molecule has 0 spiro atoms. The SMILES string of the molecule is C=CCOCC(NC(=O)[C@H](OC)c1ccccc1)C(=O)O. The molecule has 114 valence electrons. The zero-order valence-electron chi connectivity index (χ0n) is 11.8. The van der Waals surface area contributed by atoms with Crippen molar-refractivity contribution in [1.29, 1.82) is 0 Å². The third-order valence-corrected chi connectivity index (χ3v) is 2.71.